The van der Waals surface area contributed by atoms with Crippen LogP contribution in [-0.2, 0) is 10.0 Å². The molecule has 1 aliphatic rings. The van der Waals surface area contributed by atoms with E-state index < -0.39 is 10.0 Å². The van der Waals surface area contributed by atoms with E-state index in [0.29, 0.717) is 37.4 Å². The monoisotopic (exact) mass is 374 g/mol. The van der Waals surface area contributed by atoms with Crippen molar-refractivity contribution in [3.63, 3.8) is 0 Å². The zero-order valence-corrected chi connectivity index (χ0v) is 15.5. The summed E-state index contributed by atoms with van der Waals surface area (Å²) in [7, 11) is -3.26. The van der Waals surface area contributed by atoms with E-state index in [-0.39, 0.29) is 11.7 Å². The Hall–Kier alpha value is -2.54. The lowest BCUT2D eigenvalue weighted by atomic mass is 10.2. The lowest BCUT2D eigenvalue weighted by Gasteiger charge is -2.17. The molecule has 0 unspecified atom stereocenters. The first-order valence-electron chi connectivity index (χ1n) is 8.54. The second-order valence-electron chi connectivity index (χ2n) is 6.16. The van der Waals surface area contributed by atoms with Gasteiger partial charge in [0.05, 0.1) is 18.0 Å². The van der Waals surface area contributed by atoms with E-state index in [4.69, 9.17) is 4.74 Å². The highest BCUT2D eigenvalue weighted by molar-refractivity contribution is 7.93. The van der Waals surface area contributed by atoms with E-state index in [1.54, 1.807) is 24.3 Å². The van der Waals surface area contributed by atoms with Crippen molar-refractivity contribution < 1.29 is 17.9 Å². The molecule has 0 atom stereocenters. The maximum absolute atomic E-state index is 12.3. The van der Waals surface area contributed by atoms with Crippen LogP contribution in [0, 0.1) is 6.92 Å². The zero-order chi connectivity index (χ0) is 18.6. The first-order chi connectivity index (χ1) is 12.5. The van der Waals surface area contributed by atoms with E-state index in [0.717, 1.165) is 11.3 Å². The van der Waals surface area contributed by atoms with Crippen LogP contribution in [-0.4, -0.2) is 39.8 Å². The smallest absolute Gasteiger partial charge is 0.251 e. The van der Waals surface area contributed by atoms with E-state index in [9.17, 15) is 13.2 Å². The van der Waals surface area contributed by atoms with Crippen molar-refractivity contribution in [1.82, 2.24) is 5.32 Å². The number of hydrogen-bond donors (Lipinski definition) is 1. The molecule has 6 nitrogen and oxygen atoms in total. The largest absolute Gasteiger partial charge is 0.491 e. The standard InChI is InChI=1S/C19H22N2O4S/c1-15-6-2-3-9-18(15)25-12-10-20-19(22)16-7-4-8-17(14-16)21-11-5-13-26(21,23)24/h2-4,6-9,14H,5,10-13H2,1H3,(H,20,22). The lowest BCUT2D eigenvalue weighted by Crippen LogP contribution is -2.29. The molecule has 1 amide bonds. The molecule has 1 saturated heterocycles. The van der Waals surface area contributed by atoms with Crippen molar-refractivity contribution in [3.05, 3.63) is 59.7 Å². The summed E-state index contributed by atoms with van der Waals surface area (Å²) in [5.41, 5.74) is 2.00. The molecule has 7 heteroatoms. The summed E-state index contributed by atoms with van der Waals surface area (Å²) in [5, 5.41) is 2.80. The van der Waals surface area contributed by atoms with Gasteiger partial charge in [-0.1, -0.05) is 24.3 Å². The van der Waals surface area contributed by atoms with Gasteiger partial charge in [0, 0.05) is 12.1 Å². The van der Waals surface area contributed by atoms with E-state index in [2.05, 4.69) is 5.32 Å². The Bertz CT molecular complexity index is 896. The summed E-state index contributed by atoms with van der Waals surface area (Å²) in [4.78, 5) is 12.3. The van der Waals surface area contributed by atoms with Gasteiger partial charge in [-0.15, -0.1) is 0 Å². The van der Waals surface area contributed by atoms with Gasteiger partial charge in [-0.05, 0) is 43.2 Å². The zero-order valence-electron chi connectivity index (χ0n) is 14.6. The van der Waals surface area contributed by atoms with Gasteiger partial charge in [-0.25, -0.2) is 8.42 Å². The van der Waals surface area contributed by atoms with Gasteiger partial charge >= 0.3 is 0 Å². The Balaban J connectivity index is 1.57. The molecule has 1 heterocycles. The van der Waals surface area contributed by atoms with E-state index in [1.807, 2.05) is 31.2 Å². The first kappa shape index (κ1) is 18.3. The number of nitrogens with zero attached hydrogens (tertiary/aromatic N) is 1. The van der Waals surface area contributed by atoms with Crippen molar-refractivity contribution in [2.24, 2.45) is 0 Å². The number of para-hydroxylation sites is 1. The lowest BCUT2D eigenvalue weighted by molar-refractivity contribution is 0.0947. The minimum Gasteiger partial charge on any atom is -0.491 e. The molecule has 2 aromatic rings. The first-order valence-corrected chi connectivity index (χ1v) is 10.2. The second kappa shape index (κ2) is 7.78. The topological polar surface area (TPSA) is 75.7 Å². The highest BCUT2D eigenvalue weighted by Crippen LogP contribution is 2.24. The number of carbonyl (C=O) groups excluding carboxylic acids is 1. The molecule has 1 fully saturated rings. The number of rotatable bonds is 6. The van der Waals surface area contributed by atoms with Crippen molar-refractivity contribution >= 4 is 21.6 Å². The number of anilines is 1. The highest BCUT2D eigenvalue weighted by atomic mass is 32.2. The number of hydrogen-bond acceptors (Lipinski definition) is 4. The summed E-state index contributed by atoms with van der Waals surface area (Å²) in [6, 6.07) is 14.4. The van der Waals surface area contributed by atoms with Crippen molar-refractivity contribution in [3.8, 4) is 5.75 Å². The van der Waals surface area contributed by atoms with Crippen molar-refractivity contribution in [2.45, 2.75) is 13.3 Å². The van der Waals surface area contributed by atoms with Crippen molar-refractivity contribution in [2.75, 3.05) is 29.8 Å². The SMILES string of the molecule is Cc1ccccc1OCCNC(=O)c1cccc(N2CCCS2(=O)=O)c1. The van der Waals surface area contributed by atoms with Crippen LogP contribution in [0.15, 0.2) is 48.5 Å². The minimum absolute atomic E-state index is 0.152. The second-order valence-corrected chi connectivity index (χ2v) is 8.17. The predicted octanol–water partition coefficient (Wildman–Crippen LogP) is 2.34. The predicted molar refractivity (Wildman–Crippen MR) is 101 cm³/mol. The summed E-state index contributed by atoms with van der Waals surface area (Å²) in [5.74, 6) is 0.694. The van der Waals surface area contributed by atoms with Crippen molar-refractivity contribution in [1.29, 1.82) is 0 Å². The molecule has 3 rings (SSSR count). The van der Waals surface area contributed by atoms with Crippen LogP contribution in [0.25, 0.3) is 0 Å². The Kier molecular flexibility index (Phi) is 5.46. The fraction of sp³-hybridized carbons (Fsp3) is 0.316. The summed E-state index contributed by atoms with van der Waals surface area (Å²) >= 11 is 0. The highest BCUT2D eigenvalue weighted by Gasteiger charge is 2.28. The minimum atomic E-state index is -3.26. The number of benzene rings is 2. The molecule has 0 aliphatic carbocycles. The van der Waals surface area contributed by atoms with Gasteiger partial charge in [-0.3, -0.25) is 9.10 Å². The fourth-order valence-corrected chi connectivity index (χ4v) is 4.43. The summed E-state index contributed by atoms with van der Waals surface area (Å²) < 4.78 is 31.1. The van der Waals surface area contributed by atoms with E-state index in [1.165, 1.54) is 4.31 Å². The van der Waals surface area contributed by atoms with Gasteiger partial charge in [0.15, 0.2) is 0 Å². The van der Waals surface area contributed by atoms with Crippen LogP contribution in [0.3, 0.4) is 0 Å². The molecule has 26 heavy (non-hydrogen) atoms. The van der Waals surface area contributed by atoms with Crippen LogP contribution in [0.5, 0.6) is 5.75 Å². The molecule has 1 aliphatic heterocycles. The molecule has 138 valence electrons. The fourth-order valence-electron chi connectivity index (χ4n) is 2.88. The summed E-state index contributed by atoms with van der Waals surface area (Å²) in [6.07, 6.45) is 0.606. The third kappa shape index (κ3) is 4.16. The van der Waals surface area contributed by atoms with Crippen LogP contribution < -0.4 is 14.4 Å². The molecule has 0 radical (unpaired) electrons. The average molecular weight is 374 g/mol. The van der Waals surface area contributed by atoms with Gasteiger partial charge in [0.1, 0.15) is 12.4 Å². The number of sulfonamides is 1. The number of aryl methyl sites for hydroxylation is 1. The molecule has 0 spiro atoms. The van der Waals surface area contributed by atoms with Crippen LogP contribution in [0.2, 0.25) is 0 Å². The van der Waals surface area contributed by atoms with Gasteiger partial charge in [0.25, 0.3) is 5.91 Å². The van der Waals surface area contributed by atoms with Gasteiger partial charge in [0.2, 0.25) is 10.0 Å². The number of ether oxygens (including phenoxy) is 1. The molecule has 0 bridgehead atoms. The molecule has 1 N–H and O–H groups in total. The maximum Gasteiger partial charge on any atom is 0.251 e. The molecule has 0 saturated carbocycles. The Labute approximate surface area is 153 Å². The van der Waals surface area contributed by atoms with Gasteiger partial charge in [-0.2, -0.15) is 0 Å². The Morgan fingerprint density at radius 3 is 2.73 bits per heavy atom. The number of carbonyl (C=O) groups is 1. The average Bonchev–Trinajstić information content (AvgIpc) is 2.99. The maximum atomic E-state index is 12.3. The Morgan fingerprint density at radius 2 is 2.00 bits per heavy atom. The number of nitrogens with one attached hydrogen (secondary N) is 1. The third-order valence-corrected chi connectivity index (χ3v) is 6.10. The Morgan fingerprint density at radius 1 is 1.19 bits per heavy atom. The van der Waals surface area contributed by atoms with E-state index >= 15 is 0 Å². The quantitative estimate of drug-likeness (QED) is 0.788. The van der Waals surface area contributed by atoms with Crippen LogP contribution >= 0.6 is 0 Å². The molecular weight excluding hydrogens is 352 g/mol. The molecule has 2 aromatic carbocycles. The van der Waals surface area contributed by atoms with Gasteiger partial charge < -0.3 is 10.1 Å². The van der Waals surface area contributed by atoms with Crippen LogP contribution in [0.4, 0.5) is 5.69 Å². The number of amides is 1. The summed E-state index contributed by atoms with van der Waals surface area (Å²) in [6.45, 7) is 3.14. The van der Waals surface area contributed by atoms with Crippen LogP contribution in [0.1, 0.15) is 22.3 Å². The normalized spacial score (nSPS) is 15.7. The molecular formula is C19H22N2O4S. The third-order valence-electron chi connectivity index (χ3n) is 4.23. The molecule has 0 aromatic heterocycles.